The van der Waals surface area contributed by atoms with Crippen LogP contribution < -0.4 is 0 Å². The molecule has 0 N–H and O–H groups in total. The summed E-state index contributed by atoms with van der Waals surface area (Å²) in [4.78, 5) is 19.7. The summed E-state index contributed by atoms with van der Waals surface area (Å²) in [6.45, 7) is 3.05. The van der Waals surface area contributed by atoms with Gasteiger partial charge >= 0.3 is 0 Å². The van der Waals surface area contributed by atoms with Gasteiger partial charge in [-0.1, -0.05) is 0 Å². The lowest BCUT2D eigenvalue weighted by atomic mass is 10.0. The molecule has 0 radical (unpaired) electrons. The molecule has 0 aromatic carbocycles. The maximum absolute atomic E-state index is 12.3. The predicted molar refractivity (Wildman–Crippen MR) is 71.8 cm³/mol. The molecule has 1 amide bonds. The topological polar surface area (TPSA) is 37.6 Å². The lowest BCUT2D eigenvalue weighted by Crippen LogP contribution is -2.42. The number of hydrogen-bond acceptors (Lipinski definition) is 3. The van der Waals surface area contributed by atoms with Gasteiger partial charge in [-0.15, -0.1) is 11.3 Å². The number of nitrogens with zero attached hydrogens (tertiary/aromatic N) is 3. The van der Waals surface area contributed by atoms with Gasteiger partial charge in [0.05, 0.1) is 12.1 Å². The maximum atomic E-state index is 12.3. The first-order valence-electron chi connectivity index (χ1n) is 6.44. The van der Waals surface area contributed by atoms with E-state index in [9.17, 15) is 4.79 Å². The van der Waals surface area contributed by atoms with E-state index in [0.717, 1.165) is 30.0 Å². The van der Waals surface area contributed by atoms with Crippen LogP contribution in [0.1, 0.15) is 31.9 Å². The van der Waals surface area contributed by atoms with E-state index in [1.165, 1.54) is 6.42 Å². The van der Waals surface area contributed by atoms with Crippen LogP contribution in [0.15, 0.2) is 17.8 Å². The second kappa shape index (κ2) is 4.72. The van der Waals surface area contributed by atoms with E-state index in [-0.39, 0.29) is 5.91 Å². The van der Waals surface area contributed by atoms with Crippen LogP contribution in [0.25, 0.3) is 4.96 Å². The number of hydrogen-bond donors (Lipinski definition) is 0. The van der Waals surface area contributed by atoms with Gasteiger partial charge in [0.15, 0.2) is 4.96 Å². The van der Waals surface area contributed by atoms with E-state index in [4.69, 9.17) is 0 Å². The fraction of sp³-hybridized carbons (Fsp3) is 0.538. The zero-order chi connectivity index (χ0) is 12.5. The van der Waals surface area contributed by atoms with Crippen molar-refractivity contribution in [2.75, 3.05) is 6.54 Å². The normalized spacial score (nSPS) is 20.5. The molecule has 0 unspecified atom stereocenters. The van der Waals surface area contributed by atoms with Gasteiger partial charge in [0.25, 0.3) is 0 Å². The number of amides is 1. The molecule has 18 heavy (non-hydrogen) atoms. The van der Waals surface area contributed by atoms with Crippen molar-refractivity contribution in [1.82, 2.24) is 14.3 Å². The van der Waals surface area contributed by atoms with Crippen LogP contribution in [0.5, 0.6) is 0 Å². The first-order valence-corrected chi connectivity index (χ1v) is 7.32. The number of carbonyl (C=O) groups excluding carboxylic acids is 1. The number of imidazole rings is 1. The standard InChI is InChI=1S/C13H17N3OS/c1-10-4-2-3-5-16(10)12(17)8-11-9-15-6-7-18-13(15)14-11/h6-7,9-10H,2-5,8H2,1H3/t10-/m0/s1. The Labute approximate surface area is 110 Å². The lowest BCUT2D eigenvalue weighted by molar-refractivity contribution is -0.133. The van der Waals surface area contributed by atoms with Crippen LogP contribution in [0.4, 0.5) is 0 Å². The van der Waals surface area contributed by atoms with Crippen molar-refractivity contribution in [3.8, 4) is 0 Å². The smallest absolute Gasteiger partial charge is 0.228 e. The summed E-state index contributed by atoms with van der Waals surface area (Å²) in [7, 11) is 0. The molecule has 0 saturated carbocycles. The van der Waals surface area contributed by atoms with Gasteiger partial charge in [-0.05, 0) is 26.2 Å². The molecule has 1 atom stereocenters. The van der Waals surface area contributed by atoms with Crippen LogP contribution in [0, 0.1) is 0 Å². The van der Waals surface area contributed by atoms with Gasteiger partial charge < -0.3 is 4.90 Å². The van der Waals surface area contributed by atoms with E-state index in [0.29, 0.717) is 12.5 Å². The van der Waals surface area contributed by atoms with Crippen LogP contribution in [0.2, 0.25) is 0 Å². The highest BCUT2D eigenvalue weighted by Crippen LogP contribution is 2.18. The maximum Gasteiger partial charge on any atom is 0.228 e. The number of aromatic nitrogens is 2. The molecule has 1 saturated heterocycles. The Balaban J connectivity index is 1.71. The minimum absolute atomic E-state index is 0.216. The van der Waals surface area contributed by atoms with Crippen molar-refractivity contribution in [3.63, 3.8) is 0 Å². The summed E-state index contributed by atoms with van der Waals surface area (Å²) in [5.41, 5.74) is 0.879. The largest absolute Gasteiger partial charge is 0.340 e. The highest BCUT2D eigenvalue weighted by molar-refractivity contribution is 7.15. The first-order chi connectivity index (χ1) is 8.74. The van der Waals surface area contributed by atoms with Crippen molar-refractivity contribution >= 4 is 22.2 Å². The molecule has 1 aliphatic rings. The fourth-order valence-electron chi connectivity index (χ4n) is 2.59. The number of carbonyl (C=O) groups is 1. The van der Waals surface area contributed by atoms with Crippen molar-refractivity contribution in [2.45, 2.75) is 38.6 Å². The minimum atomic E-state index is 0.216. The Hall–Kier alpha value is -1.36. The Morgan fingerprint density at radius 2 is 2.44 bits per heavy atom. The zero-order valence-electron chi connectivity index (χ0n) is 10.5. The summed E-state index contributed by atoms with van der Waals surface area (Å²) in [5.74, 6) is 0.216. The number of fused-ring (bicyclic) bond motifs is 1. The van der Waals surface area contributed by atoms with Gasteiger partial charge in [0.1, 0.15) is 0 Å². The SMILES string of the molecule is C[C@H]1CCCCN1C(=O)Cc1cn2ccsc2n1. The minimum Gasteiger partial charge on any atom is -0.340 e. The second-order valence-electron chi connectivity index (χ2n) is 4.93. The Morgan fingerprint density at radius 3 is 3.22 bits per heavy atom. The highest BCUT2D eigenvalue weighted by Gasteiger charge is 2.23. The Morgan fingerprint density at radius 1 is 1.56 bits per heavy atom. The van der Waals surface area contributed by atoms with Crippen LogP contribution in [0.3, 0.4) is 0 Å². The summed E-state index contributed by atoms with van der Waals surface area (Å²) in [5, 5.41) is 2.00. The average molecular weight is 263 g/mol. The first kappa shape index (κ1) is 11.7. The number of likely N-dealkylation sites (tertiary alicyclic amines) is 1. The van der Waals surface area contributed by atoms with Crippen LogP contribution in [-0.4, -0.2) is 32.8 Å². The Kier molecular flexibility index (Phi) is 3.07. The second-order valence-corrected chi connectivity index (χ2v) is 5.81. The molecular weight excluding hydrogens is 246 g/mol. The molecule has 1 aliphatic heterocycles. The molecule has 0 spiro atoms. The van der Waals surface area contributed by atoms with Crippen LogP contribution in [-0.2, 0) is 11.2 Å². The van der Waals surface area contributed by atoms with Crippen molar-refractivity contribution in [2.24, 2.45) is 0 Å². The van der Waals surface area contributed by atoms with Gasteiger partial charge in [0, 0.05) is 30.4 Å². The number of rotatable bonds is 2. The van der Waals surface area contributed by atoms with Gasteiger partial charge in [-0.25, -0.2) is 4.98 Å². The molecule has 1 fully saturated rings. The molecular formula is C13H17N3OS. The molecule has 5 heteroatoms. The third-order valence-electron chi connectivity index (χ3n) is 3.60. The predicted octanol–water partition coefficient (Wildman–Crippen LogP) is 2.34. The molecule has 2 aromatic heterocycles. The van der Waals surface area contributed by atoms with E-state index >= 15 is 0 Å². The quantitative estimate of drug-likeness (QED) is 0.834. The lowest BCUT2D eigenvalue weighted by Gasteiger charge is -2.33. The molecule has 3 heterocycles. The van der Waals surface area contributed by atoms with Crippen molar-refractivity contribution in [3.05, 3.63) is 23.5 Å². The van der Waals surface area contributed by atoms with Gasteiger partial charge in [0.2, 0.25) is 5.91 Å². The van der Waals surface area contributed by atoms with Crippen molar-refractivity contribution in [1.29, 1.82) is 0 Å². The van der Waals surface area contributed by atoms with Crippen LogP contribution >= 0.6 is 11.3 Å². The average Bonchev–Trinajstić information content (AvgIpc) is 2.90. The molecule has 3 rings (SSSR count). The highest BCUT2D eigenvalue weighted by atomic mass is 32.1. The molecule has 4 nitrogen and oxygen atoms in total. The molecule has 2 aromatic rings. The fourth-order valence-corrected chi connectivity index (χ4v) is 3.31. The third kappa shape index (κ3) is 2.14. The summed E-state index contributed by atoms with van der Waals surface area (Å²) in [6.07, 6.45) is 7.87. The monoisotopic (exact) mass is 263 g/mol. The molecule has 0 bridgehead atoms. The third-order valence-corrected chi connectivity index (χ3v) is 4.37. The summed E-state index contributed by atoms with van der Waals surface area (Å²) >= 11 is 1.60. The van der Waals surface area contributed by atoms with Gasteiger partial charge in [-0.3, -0.25) is 9.20 Å². The van der Waals surface area contributed by atoms with Crippen molar-refractivity contribution < 1.29 is 4.79 Å². The summed E-state index contributed by atoms with van der Waals surface area (Å²) in [6, 6.07) is 0.384. The van der Waals surface area contributed by atoms with E-state index in [2.05, 4.69) is 11.9 Å². The van der Waals surface area contributed by atoms with E-state index < -0.39 is 0 Å². The number of piperidine rings is 1. The number of thiazole rings is 1. The van der Waals surface area contributed by atoms with E-state index in [1.54, 1.807) is 11.3 Å². The van der Waals surface area contributed by atoms with Gasteiger partial charge in [-0.2, -0.15) is 0 Å². The Bertz CT molecular complexity index is 531. The molecule has 96 valence electrons. The molecule has 0 aliphatic carbocycles. The van der Waals surface area contributed by atoms with E-state index in [1.807, 2.05) is 27.1 Å². The zero-order valence-corrected chi connectivity index (χ0v) is 11.3. The summed E-state index contributed by atoms with van der Waals surface area (Å²) < 4.78 is 1.98.